The molecule has 0 fully saturated rings. The molecule has 0 spiro atoms. The van der Waals surface area contributed by atoms with E-state index in [0.29, 0.717) is 29.4 Å². The molecule has 1 aliphatic rings. The Kier molecular flexibility index (Phi) is 4.12. The normalized spacial score (nSPS) is 14.8. The minimum atomic E-state index is -3.52. The van der Waals surface area contributed by atoms with Crippen molar-refractivity contribution < 1.29 is 13.2 Å². The number of rotatable bonds is 4. The molecule has 0 unspecified atom stereocenters. The van der Waals surface area contributed by atoms with E-state index in [2.05, 4.69) is 14.2 Å². The zero-order valence-corrected chi connectivity index (χ0v) is 14.0. The van der Waals surface area contributed by atoms with Crippen molar-refractivity contribution in [2.24, 2.45) is 4.99 Å². The van der Waals surface area contributed by atoms with Crippen molar-refractivity contribution in [2.75, 3.05) is 18.9 Å². The summed E-state index contributed by atoms with van der Waals surface area (Å²) in [6, 6.07) is 6.85. The monoisotopic (exact) mass is 391 g/mol. The molecule has 0 N–H and O–H groups in total. The maximum atomic E-state index is 12.5. The van der Waals surface area contributed by atoms with Crippen LogP contribution < -0.4 is 0 Å². The van der Waals surface area contributed by atoms with Crippen LogP contribution in [0.25, 0.3) is 11.3 Å². The molecule has 2 heterocycles. The molecule has 0 saturated carbocycles. The van der Waals surface area contributed by atoms with Crippen molar-refractivity contribution in [1.29, 1.82) is 0 Å². The van der Waals surface area contributed by atoms with Crippen LogP contribution in [-0.2, 0) is 14.6 Å². The predicted octanol–water partition coefficient (Wildman–Crippen LogP) is 1.06. The number of sulfone groups is 1. The first-order valence-electron chi connectivity index (χ1n) is 6.03. The third-order valence-electron chi connectivity index (χ3n) is 2.82. The van der Waals surface area contributed by atoms with Crippen molar-refractivity contribution in [3.05, 3.63) is 29.3 Å². The third-order valence-corrected chi connectivity index (χ3v) is 7.54. The summed E-state index contributed by atoms with van der Waals surface area (Å²) in [7, 11) is -3.52. The van der Waals surface area contributed by atoms with E-state index in [4.69, 9.17) is 16.3 Å². The number of hydrogen-bond donors (Lipinski definition) is 0. The first-order chi connectivity index (χ1) is 10.1. The molecular weight excluding hydrogens is 381 g/mol. The molecule has 110 valence electrons. The fourth-order valence-corrected chi connectivity index (χ4v) is 5.37. The van der Waals surface area contributed by atoms with Crippen molar-refractivity contribution in [3.63, 3.8) is 0 Å². The fourth-order valence-electron chi connectivity index (χ4n) is 1.86. The number of ether oxygens (including phenoxy) is 1. The van der Waals surface area contributed by atoms with Gasteiger partial charge in [0.05, 0.1) is 0 Å². The number of aliphatic imine (C=N–C) groups is 1. The summed E-state index contributed by atoms with van der Waals surface area (Å²) in [5, 5.41) is 4.57. The summed E-state index contributed by atoms with van der Waals surface area (Å²) >= 11 is 5.29. The molecule has 1 aromatic heterocycles. The van der Waals surface area contributed by atoms with Gasteiger partial charge in [0.15, 0.2) is 0 Å². The van der Waals surface area contributed by atoms with Gasteiger partial charge in [-0.05, 0) is 0 Å². The fraction of sp³-hybridized carbons (Fsp3) is 0.250. The summed E-state index contributed by atoms with van der Waals surface area (Å²) in [6.45, 7) is 0.946. The van der Waals surface area contributed by atoms with Crippen LogP contribution in [0.15, 0.2) is 33.0 Å². The Balaban J connectivity index is 1.96. The molecular formula is C12H10ClN3O3SSe. The number of hydrogen-bond acceptors (Lipinski definition) is 6. The maximum absolute atomic E-state index is 12.5. The minimum absolute atomic E-state index is 0.230. The van der Waals surface area contributed by atoms with E-state index in [1.165, 1.54) is 0 Å². The molecule has 1 aliphatic heterocycles. The predicted molar refractivity (Wildman–Crippen MR) is 79.7 cm³/mol. The zero-order valence-electron chi connectivity index (χ0n) is 10.7. The Hall–Kier alpha value is -1.21. The molecule has 0 atom stereocenters. The van der Waals surface area contributed by atoms with Crippen molar-refractivity contribution in [3.8, 4) is 11.3 Å². The van der Waals surface area contributed by atoms with Crippen LogP contribution in [0.2, 0.25) is 5.02 Å². The van der Waals surface area contributed by atoms with E-state index in [1.54, 1.807) is 24.3 Å². The van der Waals surface area contributed by atoms with E-state index in [9.17, 15) is 8.42 Å². The standard InChI is InChI=1S/C12H10ClN3O3SSe/c13-9-3-1-8(2-4-9)11-12(21-16-15-11)20(17,18)7-10-14-5-6-19-10/h1-4H,5-7H2. The van der Waals surface area contributed by atoms with Gasteiger partial charge in [-0.3, -0.25) is 0 Å². The quantitative estimate of drug-likeness (QED) is 0.729. The third kappa shape index (κ3) is 3.18. The van der Waals surface area contributed by atoms with Crippen LogP contribution in [0.5, 0.6) is 0 Å². The van der Waals surface area contributed by atoms with Crippen LogP contribution in [0.4, 0.5) is 0 Å². The Morgan fingerprint density at radius 1 is 1.29 bits per heavy atom. The van der Waals surface area contributed by atoms with E-state index in [0.717, 1.165) is 0 Å². The average molecular weight is 391 g/mol. The van der Waals surface area contributed by atoms with Crippen LogP contribution in [0.1, 0.15) is 0 Å². The van der Waals surface area contributed by atoms with Gasteiger partial charge in [-0.2, -0.15) is 0 Å². The number of aromatic nitrogens is 2. The number of benzene rings is 1. The van der Waals surface area contributed by atoms with Crippen molar-refractivity contribution in [1.82, 2.24) is 9.19 Å². The van der Waals surface area contributed by atoms with Gasteiger partial charge >= 0.3 is 133 Å². The molecule has 9 heteroatoms. The molecule has 0 aliphatic carbocycles. The van der Waals surface area contributed by atoms with Gasteiger partial charge < -0.3 is 0 Å². The van der Waals surface area contributed by atoms with Gasteiger partial charge in [0, 0.05) is 0 Å². The molecule has 3 rings (SSSR count). The van der Waals surface area contributed by atoms with Gasteiger partial charge in [0.1, 0.15) is 0 Å². The van der Waals surface area contributed by atoms with Crippen molar-refractivity contribution >= 4 is 42.1 Å². The van der Waals surface area contributed by atoms with Gasteiger partial charge in [-0.1, -0.05) is 0 Å². The topological polar surface area (TPSA) is 81.5 Å². The number of halogens is 1. The van der Waals surface area contributed by atoms with Gasteiger partial charge in [-0.25, -0.2) is 0 Å². The first-order valence-corrected chi connectivity index (χ1v) is 9.69. The van der Waals surface area contributed by atoms with Gasteiger partial charge in [0.2, 0.25) is 0 Å². The van der Waals surface area contributed by atoms with Crippen LogP contribution >= 0.6 is 11.6 Å². The Bertz CT molecular complexity index is 786. The summed E-state index contributed by atoms with van der Waals surface area (Å²) in [5.41, 5.74) is 1.08. The van der Waals surface area contributed by atoms with E-state index < -0.39 is 24.6 Å². The van der Waals surface area contributed by atoms with Crippen LogP contribution in [0, 0.1) is 0 Å². The number of nitrogens with zero attached hydrogens (tertiary/aromatic N) is 3. The summed E-state index contributed by atoms with van der Waals surface area (Å²) < 4.78 is 34.3. The van der Waals surface area contributed by atoms with Gasteiger partial charge in [0.25, 0.3) is 0 Å². The zero-order chi connectivity index (χ0) is 14.9. The summed E-state index contributed by atoms with van der Waals surface area (Å²) in [4.78, 5) is 4.02. The SMILES string of the molecule is O=S(=O)(CC1=NCCO1)c1[se]nnc1-c1ccc(Cl)cc1. The van der Waals surface area contributed by atoms with Crippen molar-refractivity contribution in [2.45, 2.75) is 3.77 Å². The van der Waals surface area contributed by atoms with E-state index in [1.807, 2.05) is 0 Å². The van der Waals surface area contributed by atoms with Crippen LogP contribution in [0.3, 0.4) is 0 Å². The van der Waals surface area contributed by atoms with E-state index in [-0.39, 0.29) is 15.4 Å². The first kappa shape index (κ1) is 14.7. The molecule has 1 aromatic carbocycles. The van der Waals surface area contributed by atoms with Gasteiger partial charge in [-0.15, -0.1) is 0 Å². The molecule has 6 nitrogen and oxygen atoms in total. The molecule has 0 radical (unpaired) electrons. The molecule has 0 amide bonds. The molecule has 21 heavy (non-hydrogen) atoms. The molecule has 2 aromatic rings. The Labute approximate surface area is 132 Å². The molecule has 0 bridgehead atoms. The Morgan fingerprint density at radius 2 is 2.05 bits per heavy atom. The van der Waals surface area contributed by atoms with Crippen LogP contribution in [-0.4, -0.2) is 57.1 Å². The summed E-state index contributed by atoms with van der Waals surface area (Å²) in [6.07, 6.45) is 0. The Morgan fingerprint density at radius 3 is 2.71 bits per heavy atom. The second-order valence-corrected chi connectivity index (χ2v) is 8.83. The second kappa shape index (κ2) is 5.88. The average Bonchev–Trinajstić information content (AvgIpc) is 3.10. The summed E-state index contributed by atoms with van der Waals surface area (Å²) in [5.74, 6) is 0.0345. The molecule has 0 saturated heterocycles. The van der Waals surface area contributed by atoms with E-state index >= 15 is 0 Å². The second-order valence-electron chi connectivity index (χ2n) is 4.30.